The van der Waals surface area contributed by atoms with Gasteiger partial charge in [0, 0.05) is 26.2 Å². The Labute approximate surface area is 197 Å². The van der Waals surface area contributed by atoms with E-state index in [0.717, 1.165) is 5.56 Å². The van der Waals surface area contributed by atoms with Gasteiger partial charge in [0.25, 0.3) is 11.8 Å². The number of hydrogen-bond acceptors (Lipinski definition) is 7. The molecule has 2 atom stereocenters. The van der Waals surface area contributed by atoms with Crippen molar-refractivity contribution >= 4 is 23.4 Å². The number of hydrogen-bond donors (Lipinski definition) is 0. The predicted octanol–water partition coefficient (Wildman–Crippen LogP) is 1.62. The third-order valence-corrected chi connectivity index (χ3v) is 6.55. The molecule has 0 saturated carbocycles. The van der Waals surface area contributed by atoms with Crippen LogP contribution in [0, 0.1) is 6.92 Å². The number of imide groups is 1. The number of piperazine rings is 1. The summed E-state index contributed by atoms with van der Waals surface area (Å²) in [5.41, 5.74) is 1.41. The molecular weight excluding hydrogens is 438 g/mol. The molecule has 0 bridgehead atoms. The Kier molecular flexibility index (Phi) is 5.87. The minimum absolute atomic E-state index is 0.111. The number of fused-ring (bicyclic) bond motifs is 1. The second kappa shape index (κ2) is 8.98. The number of carbonyl (C=O) groups is 3. The molecule has 0 radical (unpaired) electrons. The van der Waals surface area contributed by atoms with Crippen LogP contribution < -0.4 is 19.1 Å². The highest BCUT2D eigenvalue weighted by Gasteiger charge is 2.45. The van der Waals surface area contributed by atoms with Gasteiger partial charge in [-0.15, -0.1) is 0 Å². The van der Waals surface area contributed by atoms with E-state index in [4.69, 9.17) is 14.2 Å². The van der Waals surface area contributed by atoms with E-state index in [9.17, 15) is 14.4 Å². The van der Waals surface area contributed by atoms with Gasteiger partial charge in [-0.25, -0.2) is 4.90 Å². The lowest BCUT2D eigenvalue weighted by Gasteiger charge is -2.38. The van der Waals surface area contributed by atoms with E-state index in [1.807, 2.05) is 36.1 Å². The SMILES string of the molecule is COc1ccc(C)cc1N1C(=O)C[C@@H](N2CCN(C(=O)[C@@H]3COc4ccccc4O3)CC2)C1=O. The summed E-state index contributed by atoms with van der Waals surface area (Å²) in [6, 6.07) is 12.2. The maximum absolute atomic E-state index is 13.3. The van der Waals surface area contributed by atoms with Gasteiger partial charge < -0.3 is 19.1 Å². The molecule has 0 spiro atoms. The van der Waals surface area contributed by atoms with E-state index in [-0.39, 0.29) is 30.7 Å². The highest BCUT2D eigenvalue weighted by Crippen LogP contribution is 2.35. The molecule has 178 valence electrons. The molecule has 9 nitrogen and oxygen atoms in total. The van der Waals surface area contributed by atoms with Crippen molar-refractivity contribution in [3.8, 4) is 17.2 Å². The minimum atomic E-state index is -0.694. The number of ether oxygens (including phenoxy) is 3. The molecule has 34 heavy (non-hydrogen) atoms. The van der Waals surface area contributed by atoms with Crippen molar-refractivity contribution in [1.82, 2.24) is 9.80 Å². The molecule has 0 aromatic heterocycles. The number of rotatable bonds is 4. The van der Waals surface area contributed by atoms with Crippen LogP contribution in [-0.2, 0) is 14.4 Å². The lowest BCUT2D eigenvalue weighted by Crippen LogP contribution is -2.57. The summed E-state index contributed by atoms with van der Waals surface area (Å²) in [4.78, 5) is 44.1. The van der Waals surface area contributed by atoms with Crippen molar-refractivity contribution in [2.45, 2.75) is 25.5 Å². The van der Waals surface area contributed by atoms with Crippen molar-refractivity contribution in [2.24, 2.45) is 0 Å². The number of methoxy groups -OCH3 is 1. The van der Waals surface area contributed by atoms with Crippen LogP contribution in [0.1, 0.15) is 12.0 Å². The first-order valence-electron chi connectivity index (χ1n) is 11.4. The highest BCUT2D eigenvalue weighted by atomic mass is 16.6. The molecule has 3 heterocycles. The lowest BCUT2D eigenvalue weighted by molar-refractivity contribution is -0.143. The fraction of sp³-hybridized carbons (Fsp3) is 0.400. The molecule has 3 amide bonds. The number of carbonyl (C=O) groups excluding carboxylic acids is 3. The molecule has 2 saturated heterocycles. The van der Waals surface area contributed by atoms with Gasteiger partial charge in [0.05, 0.1) is 25.3 Å². The van der Waals surface area contributed by atoms with Crippen molar-refractivity contribution < 1.29 is 28.6 Å². The van der Waals surface area contributed by atoms with Crippen LogP contribution in [0.3, 0.4) is 0 Å². The number of para-hydroxylation sites is 2. The molecule has 3 aliphatic heterocycles. The van der Waals surface area contributed by atoms with Gasteiger partial charge in [0.1, 0.15) is 12.4 Å². The van der Waals surface area contributed by atoms with Crippen LogP contribution in [0.4, 0.5) is 5.69 Å². The molecule has 3 aliphatic rings. The first-order valence-corrected chi connectivity index (χ1v) is 11.4. The number of nitrogens with zero attached hydrogens (tertiary/aromatic N) is 3. The number of aryl methyl sites for hydroxylation is 1. The Hall–Kier alpha value is -3.59. The molecule has 5 rings (SSSR count). The minimum Gasteiger partial charge on any atom is -0.495 e. The Bertz CT molecular complexity index is 1130. The Morgan fingerprint density at radius 1 is 1.03 bits per heavy atom. The zero-order chi connectivity index (χ0) is 23.8. The Morgan fingerprint density at radius 2 is 1.76 bits per heavy atom. The van der Waals surface area contributed by atoms with Gasteiger partial charge in [-0.05, 0) is 36.8 Å². The van der Waals surface area contributed by atoms with Crippen molar-refractivity contribution in [1.29, 1.82) is 0 Å². The van der Waals surface area contributed by atoms with E-state index in [1.165, 1.54) is 12.0 Å². The lowest BCUT2D eigenvalue weighted by atomic mass is 10.1. The van der Waals surface area contributed by atoms with E-state index in [2.05, 4.69) is 0 Å². The van der Waals surface area contributed by atoms with Crippen molar-refractivity contribution in [3.05, 3.63) is 48.0 Å². The molecule has 0 unspecified atom stereocenters. The maximum atomic E-state index is 13.3. The van der Waals surface area contributed by atoms with Crippen LogP contribution in [0.2, 0.25) is 0 Å². The number of benzene rings is 2. The first kappa shape index (κ1) is 22.2. The summed E-state index contributed by atoms with van der Waals surface area (Å²) in [6.45, 7) is 3.97. The monoisotopic (exact) mass is 465 g/mol. The first-order chi connectivity index (χ1) is 16.5. The zero-order valence-electron chi connectivity index (χ0n) is 19.2. The largest absolute Gasteiger partial charge is 0.495 e. The van der Waals surface area contributed by atoms with E-state index < -0.39 is 12.1 Å². The maximum Gasteiger partial charge on any atom is 0.267 e. The Balaban J connectivity index is 1.22. The van der Waals surface area contributed by atoms with Crippen molar-refractivity contribution in [3.63, 3.8) is 0 Å². The quantitative estimate of drug-likeness (QED) is 0.634. The van der Waals surface area contributed by atoms with Gasteiger partial charge >= 0.3 is 0 Å². The van der Waals surface area contributed by atoms with Crippen LogP contribution >= 0.6 is 0 Å². The molecular formula is C25H27N3O6. The topological polar surface area (TPSA) is 88.6 Å². The second-order valence-electron chi connectivity index (χ2n) is 8.69. The van der Waals surface area contributed by atoms with Crippen LogP contribution in [-0.4, -0.2) is 79.6 Å². The van der Waals surface area contributed by atoms with Gasteiger partial charge in [0.2, 0.25) is 12.0 Å². The van der Waals surface area contributed by atoms with Crippen LogP contribution in [0.5, 0.6) is 17.2 Å². The summed E-state index contributed by atoms with van der Waals surface area (Å²) in [5, 5.41) is 0. The summed E-state index contributed by atoms with van der Waals surface area (Å²) < 4.78 is 16.9. The Morgan fingerprint density at radius 3 is 2.50 bits per heavy atom. The van der Waals surface area contributed by atoms with Crippen LogP contribution in [0.15, 0.2) is 42.5 Å². The van der Waals surface area contributed by atoms with Crippen molar-refractivity contribution in [2.75, 3.05) is 44.8 Å². The number of anilines is 1. The summed E-state index contributed by atoms with van der Waals surface area (Å²) in [5.74, 6) is 1.05. The smallest absolute Gasteiger partial charge is 0.267 e. The molecule has 0 aliphatic carbocycles. The number of amides is 3. The third-order valence-electron chi connectivity index (χ3n) is 6.55. The third kappa shape index (κ3) is 3.96. The normalized spacial score (nSPS) is 22.8. The van der Waals surface area contributed by atoms with Gasteiger partial charge in [-0.3, -0.25) is 19.3 Å². The van der Waals surface area contributed by atoms with E-state index >= 15 is 0 Å². The predicted molar refractivity (Wildman–Crippen MR) is 123 cm³/mol. The van der Waals surface area contributed by atoms with Gasteiger partial charge in [-0.2, -0.15) is 0 Å². The van der Waals surface area contributed by atoms with Crippen LogP contribution in [0.25, 0.3) is 0 Å². The fourth-order valence-electron chi connectivity index (χ4n) is 4.73. The van der Waals surface area contributed by atoms with Gasteiger partial charge in [0.15, 0.2) is 11.5 Å². The highest BCUT2D eigenvalue weighted by molar-refractivity contribution is 6.23. The second-order valence-corrected chi connectivity index (χ2v) is 8.69. The molecule has 0 N–H and O–H groups in total. The fourth-order valence-corrected chi connectivity index (χ4v) is 4.73. The summed E-state index contributed by atoms with van der Waals surface area (Å²) in [6.07, 6.45) is -0.583. The van der Waals surface area contributed by atoms with E-state index in [1.54, 1.807) is 23.1 Å². The summed E-state index contributed by atoms with van der Waals surface area (Å²) >= 11 is 0. The zero-order valence-corrected chi connectivity index (χ0v) is 19.2. The standard InChI is InChI=1S/C25H27N3O6/c1-16-7-8-19(32-2)17(13-16)28-23(29)14-18(24(28)30)26-9-11-27(12-10-26)25(31)22-15-33-20-5-3-4-6-21(20)34-22/h3-8,13,18,22H,9-12,14-15H2,1-2H3/t18-,22+/m1/s1. The molecule has 2 aromatic rings. The van der Waals surface area contributed by atoms with E-state index in [0.29, 0.717) is 49.1 Å². The molecule has 9 heteroatoms. The average Bonchev–Trinajstić information content (AvgIpc) is 3.16. The molecule has 2 aromatic carbocycles. The summed E-state index contributed by atoms with van der Waals surface area (Å²) in [7, 11) is 1.52. The average molecular weight is 466 g/mol. The van der Waals surface area contributed by atoms with Gasteiger partial charge in [-0.1, -0.05) is 18.2 Å². The molecule has 2 fully saturated rings.